The van der Waals surface area contributed by atoms with Crippen LogP contribution in [0.5, 0.6) is 0 Å². The molecule has 1 N–H and O–H groups in total. The average Bonchev–Trinajstić information content (AvgIpc) is 2.76. The summed E-state index contributed by atoms with van der Waals surface area (Å²) in [5.41, 5.74) is 2.05. The van der Waals surface area contributed by atoms with Gasteiger partial charge in [-0.3, -0.25) is 9.78 Å². The lowest BCUT2D eigenvalue weighted by atomic mass is 10.0. The second kappa shape index (κ2) is 10.0. The number of carbonyl (C=O) groups excluding carboxylic acids is 2. The van der Waals surface area contributed by atoms with E-state index in [1.165, 1.54) is 0 Å². The van der Waals surface area contributed by atoms with Gasteiger partial charge in [0, 0.05) is 51.5 Å². The normalized spacial score (nSPS) is 17.0. The van der Waals surface area contributed by atoms with Crippen molar-refractivity contribution in [3.05, 3.63) is 66.0 Å². The van der Waals surface area contributed by atoms with Crippen LogP contribution in [0, 0.1) is 0 Å². The molecule has 1 fully saturated rings. The molecule has 7 nitrogen and oxygen atoms in total. The topological polar surface area (TPSA) is 68.8 Å². The molecule has 1 saturated heterocycles. The molecule has 2 heterocycles. The summed E-state index contributed by atoms with van der Waals surface area (Å²) in [4.78, 5) is 35.2. The van der Waals surface area contributed by atoms with Crippen molar-refractivity contribution in [2.45, 2.75) is 12.5 Å². The van der Waals surface area contributed by atoms with E-state index in [4.69, 9.17) is 0 Å². The van der Waals surface area contributed by atoms with Crippen LogP contribution >= 0.6 is 0 Å². The molecule has 3 amide bonds. The van der Waals surface area contributed by atoms with Crippen molar-refractivity contribution in [3.63, 3.8) is 0 Å². The summed E-state index contributed by atoms with van der Waals surface area (Å²) in [6.07, 6.45) is 2.43. The summed E-state index contributed by atoms with van der Waals surface area (Å²) in [5, 5.41) is 2.81. The average molecular weight is 396 g/mol. The van der Waals surface area contributed by atoms with Gasteiger partial charge in [0.1, 0.15) is 0 Å². The van der Waals surface area contributed by atoms with Gasteiger partial charge < -0.3 is 20.0 Å². The van der Waals surface area contributed by atoms with E-state index in [1.807, 2.05) is 53.4 Å². The van der Waals surface area contributed by atoms with E-state index in [1.54, 1.807) is 18.1 Å². The van der Waals surface area contributed by atoms with Crippen molar-refractivity contribution in [2.75, 3.05) is 46.8 Å². The van der Waals surface area contributed by atoms with Crippen LogP contribution in [0.15, 0.2) is 54.7 Å². The van der Waals surface area contributed by atoms with Gasteiger partial charge in [0.25, 0.3) is 0 Å². The van der Waals surface area contributed by atoms with Crippen molar-refractivity contribution >= 4 is 11.9 Å². The number of aromatic nitrogens is 1. The molecule has 0 radical (unpaired) electrons. The van der Waals surface area contributed by atoms with E-state index < -0.39 is 0 Å². The first-order valence-corrected chi connectivity index (χ1v) is 9.96. The number of hydrogen-bond donors (Lipinski definition) is 1. The third kappa shape index (κ3) is 5.77. The van der Waals surface area contributed by atoms with Crippen LogP contribution in [-0.2, 0) is 11.2 Å². The Bertz CT molecular complexity index is 799. The molecule has 2 aromatic rings. The van der Waals surface area contributed by atoms with Gasteiger partial charge >= 0.3 is 6.03 Å². The molecular formula is C22H29N5O2. The fourth-order valence-corrected chi connectivity index (χ4v) is 3.46. The first-order chi connectivity index (χ1) is 14.0. The van der Waals surface area contributed by atoms with Crippen LogP contribution < -0.4 is 5.32 Å². The van der Waals surface area contributed by atoms with E-state index in [2.05, 4.69) is 22.2 Å². The highest BCUT2D eigenvalue weighted by atomic mass is 16.2. The Labute approximate surface area is 172 Å². The minimum absolute atomic E-state index is 0.00853. The molecule has 1 unspecified atom stereocenters. The molecular weight excluding hydrogens is 366 g/mol. The molecule has 1 atom stereocenters. The number of rotatable bonds is 6. The lowest BCUT2D eigenvalue weighted by Crippen LogP contribution is -2.53. The maximum atomic E-state index is 12.8. The standard InChI is InChI=1S/C22H29N5O2/c1-25-14-15-27(20(17-25)18-8-4-3-5-9-18)22(29)24-16-21(28)26(2)13-11-19-10-6-7-12-23-19/h3-10,12,20H,11,13-17H2,1-2H3,(H,24,29). The number of piperazine rings is 1. The number of nitrogens with zero attached hydrogens (tertiary/aromatic N) is 4. The Morgan fingerprint density at radius 3 is 2.62 bits per heavy atom. The summed E-state index contributed by atoms with van der Waals surface area (Å²) < 4.78 is 0. The summed E-state index contributed by atoms with van der Waals surface area (Å²) >= 11 is 0. The van der Waals surface area contributed by atoms with Crippen molar-refractivity contribution in [1.29, 1.82) is 0 Å². The molecule has 0 aliphatic carbocycles. The van der Waals surface area contributed by atoms with Gasteiger partial charge in [-0.2, -0.15) is 0 Å². The molecule has 1 aromatic carbocycles. The van der Waals surface area contributed by atoms with Gasteiger partial charge in [-0.15, -0.1) is 0 Å². The monoisotopic (exact) mass is 395 g/mol. The van der Waals surface area contributed by atoms with Crippen LogP contribution in [0.2, 0.25) is 0 Å². The fourth-order valence-electron chi connectivity index (χ4n) is 3.46. The Hall–Kier alpha value is -2.93. The molecule has 154 valence electrons. The number of carbonyl (C=O) groups is 2. The van der Waals surface area contributed by atoms with Crippen molar-refractivity contribution in [2.24, 2.45) is 0 Å². The Morgan fingerprint density at radius 2 is 1.90 bits per heavy atom. The Kier molecular flexibility index (Phi) is 7.19. The number of benzene rings is 1. The first kappa shape index (κ1) is 20.8. The predicted octanol–water partition coefficient (Wildman–Crippen LogP) is 1.78. The highest BCUT2D eigenvalue weighted by molar-refractivity contribution is 5.84. The van der Waals surface area contributed by atoms with E-state index in [0.717, 1.165) is 24.3 Å². The quantitative estimate of drug-likeness (QED) is 0.810. The van der Waals surface area contributed by atoms with Gasteiger partial charge in [0.05, 0.1) is 12.6 Å². The first-order valence-electron chi connectivity index (χ1n) is 9.96. The zero-order chi connectivity index (χ0) is 20.6. The maximum absolute atomic E-state index is 12.8. The largest absolute Gasteiger partial charge is 0.344 e. The van der Waals surface area contributed by atoms with Crippen LogP contribution in [0.25, 0.3) is 0 Å². The van der Waals surface area contributed by atoms with Crippen LogP contribution in [-0.4, -0.2) is 78.4 Å². The zero-order valence-electron chi connectivity index (χ0n) is 17.1. The SMILES string of the molecule is CN1CCN(C(=O)NCC(=O)N(C)CCc2ccccn2)C(c2ccccc2)C1. The highest BCUT2D eigenvalue weighted by Crippen LogP contribution is 2.24. The molecule has 3 rings (SSSR count). The third-order valence-corrected chi connectivity index (χ3v) is 5.27. The summed E-state index contributed by atoms with van der Waals surface area (Å²) in [5.74, 6) is -0.111. The lowest BCUT2D eigenvalue weighted by Gasteiger charge is -2.40. The molecule has 1 aliphatic rings. The zero-order valence-corrected chi connectivity index (χ0v) is 17.1. The van der Waals surface area contributed by atoms with E-state index in [0.29, 0.717) is 19.5 Å². The number of hydrogen-bond acceptors (Lipinski definition) is 4. The molecule has 1 aliphatic heterocycles. The number of amides is 3. The molecule has 0 spiro atoms. The third-order valence-electron chi connectivity index (χ3n) is 5.27. The Balaban J connectivity index is 1.52. The maximum Gasteiger partial charge on any atom is 0.318 e. The van der Waals surface area contributed by atoms with Gasteiger partial charge in [-0.1, -0.05) is 36.4 Å². The molecule has 29 heavy (non-hydrogen) atoms. The van der Waals surface area contributed by atoms with Crippen molar-refractivity contribution < 1.29 is 9.59 Å². The highest BCUT2D eigenvalue weighted by Gasteiger charge is 2.30. The summed E-state index contributed by atoms with van der Waals surface area (Å²) in [6, 6.07) is 15.6. The summed E-state index contributed by atoms with van der Waals surface area (Å²) in [7, 11) is 3.81. The van der Waals surface area contributed by atoms with Crippen LogP contribution in [0.4, 0.5) is 4.79 Å². The van der Waals surface area contributed by atoms with Gasteiger partial charge in [-0.25, -0.2) is 4.79 Å². The Morgan fingerprint density at radius 1 is 1.14 bits per heavy atom. The van der Waals surface area contributed by atoms with E-state index in [9.17, 15) is 9.59 Å². The predicted molar refractivity (Wildman–Crippen MR) is 112 cm³/mol. The molecule has 1 aromatic heterocycles. The van der Waals surface area contributed by atoms with Crippen molar-refractivity contribution in [1.82, 2.24) is 25.0 Å². The molecule has 0 bridgehead atoms. The number of likely N-dealkylation sites (N-methyl/N-ethyl adjacent to an activating group) is 2. The van der Waals surface area contributed by atoms with Crippen LogP contribution in [0.1, 0.15) is 17.3 Å². The van der Waals surface area contributed by atoms with E-state index >= 15 is 0 Å². The van der Waals surface area contributed by atoms with Gasteiger partial charge in [-0.05, 0) is 24.7 Å². The molecule has 7 heteroatoms. The van der Waals surface area contributed by atoms with E-state index in [-0.39, 0.29) is 24.5 Å². The minimum atomic E-state index is -0.196. The van der Waals surface area contributed by atoms with Crippen molar-refractivity contribution in [3.8, 4) is 0 Å². The summed E-state index contributed by atoms with van der Waals surface area (Å²) in [6.45, 7) is 2.77. The van der Waals surface area contributed by atoms with Gasteiger partial charge in [0.2, 0.25) is 5.91 Å². The number of urea groups is 1. The lowest BCUT2D eigenvalue weighted by molar-refractivity contribution is -0.128. The fraction of sp³-hybridized carbons (Fsp3) is 0.409. The van der Waals surface area contributed by atoms with Crippen LogP contribution in [0.3, 0.4) is 0 Å². The second-order valence-corrected chi connectivity index (χ2v) is 7.43. The smallest absolute Gasteiger partial charge is 0.318 e. The second-order valence-electron chi connectivity index (χ2n) is 7.43. The number of nitrogens with one attached hydrogen (secondary N) is 1. The van der Waals surface area contributed by atoms with Gasteiger partial charge in [0.15, 0.2) is 0 Å². The molecule has 0 saturated carbocycles. The minimum Gasteiger partial charge on any atom is -0.344 e. The number of pyridine rings is 1.